The van der Waals surface area contributed by atoms with E-state index in [4.69, 9.17) is 4.42 Å². The second-order valence-electron chi connectivity index (χ2n) is 15.2. The normalized spacial score (nSPS) is 16.3. The number of hydrogen-bond donors (Lipinski definition) is 0. The van der Waals surface area contributed by atoms with Crippen LogP contribution in [0.5, 0.6) is 0 Å². The fourth-order valence-corrected chi connectivity index (χ4v) is 8.67. The summed E-state index contributed by atoms with van der Waals surface area (Å²) < 4.78 is 6.70. The number of benzene rings is 7. The van der Waals surface area contributed by atoms with Crippen molar-refractivity contribution < 1.29 is 4.42 Å². The van der Waals surface area contributed by atoms with Gasteiger partial charge in [0.1, 0.15) is 11.2 Å². The van der Waals surface area contributed by atoms with Crippen molar-refractivity contribution in [3.05, 3.63) is 240 Å². The van der Waals surface area contributed by atoms with E-state index in [-0.39, 0.29) is 0 Å². The molecule has 0 atom stereocenters. The van der Waals surface area contributed by atoms with Gasteiger partial charge in [-0.1, -0.05) is 152 Å². The summed E-state index contributed by atoms with van der Waals surface area (Å²) in [5.74, 6) is 0. The van der Waals surface area contributed by atoms with E-state index in [0.717, 1.165) is 75.0 Å². The smallest absolute Gasteiger partial charge is 0.136 e. The zero-order chi connectivity index (χ0) is 39.5. The summed E-state index contributed by atoms with van der Waals surface area (Å²) in [6.07, 6.45) is 14.4. The van der Waals surface area contributed by atoms with E-state index >= 15 is 0 Å². The number of allylic oxidation sites excluding steroid dienone is 9. The second kappa shape index (κ2) is 15.9. The Balaban J connectivity index is 1.04. The van der Waals surface area contributed by atoms with Crippen LogP contribution in [0.2, 0.25) is 0 Å². The van der Waals surface area contributed by atoms with Crippen molar-refractivity contribution >= 4 is 50.1 Å². The van der Waals surface area contributed by atoms with E-state index in [2.05, 4.69) is 224 Å². The van der Waals surface area contributed by atoms with E-state index in [1.165, 1.54) is 44.5 Å². The van der Waals surface area contributed by atoms with Crippen LogP contribution in [0.15, 0.2) is 233 Å². The third kappa shape index (κ3) is 7.01. The number of anilines is 3. The Kier molecular flexibility index (Phi) is 9.68. The van der Waals surface area contributed by atoms with E-state index < -0.39 is 0 Å². The first-order chi connectivity index (χ1) is 29.2. The Morgan fingerprint density at radius 3 is 1.97 bits per heavy atom. The minimum absolute atomic E-state index is 0.799. The Bertz CT molecular complexity index is 3020. The zero-order valence-electron chi connectivity index (χ0n) is 33.1. The summed E-state index contributed by atoms with van der Waals surface area (Å²) in [4.78, 5) is 2.34. The van der Waals surface area contributed by atoms with Crippen molar-refractivity contribution in [3.8, 4) is 22.3 Å². The Hall–Kier alpha value is -7.38. The van der Waals surface area contributed by atoms with Crippen molar-refractivity contribution in [1.82, 2.24) is 0 Å². The molecule has 59 heavy (non-hydrogen) atoms. The second-order valence-corrected chi connectivity index (χ2v) is 15.2. The van der Waals surface area contributed by atoms with Crippen LogP contribution in [0.25, 0.3) is 55.3 Å². The largest absolute Gasteiger partial charge is 0.456 e. The van der Waals surface area contributed by atoms with Gasteiger partial charge in [-0.3, -0.25) is 0 Å². The third-order valence-electron chi connectivity index (χ3n) is 11.6. The highest BCUT2D eigenvalue weighted by Crippen LogP contribution is 2.43. The van der Waals surface area contributed by atoms with Crippen molar-refractivity contribution in [1.29, 1.82) is 0 Å². The van der Waals surface area contributed by atoms with E-state index in [1.54, 1.807) is 0 Å². The highest BCUT2D eigenvalue weighted by atomic mass is 16.3. The molecule has 1 aromatic heterocycles. The number of nitrogens with zero attached hydrogens (tertiary/aromatic N) is 1. The fraction of sp³-hybridized carbons (Fsp3) is 0.0702. The standard InChI is InChI=1S/C57H43NO/c1-40-49(44-19-8-3-9-20-44)36-31-42(41-17-6-2-7-18-41)32-37-50(40)52-26-16-28-55-57(52)53-38-33-46(39-56(53)59-55)43-29-34-48(35-30-43)58(47-23-12-5-13-24-47)54-27-15-14-25-51(54)45-21-10-4-11-22-45/h3-6,8-35,38-39H,2,7,37H2,1H3/b42-32+,50-40+. The maximum absolute atomic E-state index is 6.70. The van der Waals surface area contributed by atoms with Gasteiger partial charge in [0.05, 0.1) is 5.69 Å². The molecule has 7 aromatic carbocycles. The van der Waals surface area contributed by atoms with Crippen molar-refractivity contribution in [3.63, 3.8) is 0 Å². The molecule has 0 spiro atoms. The molecule has 10 rings (SSSR count). The average Bonchev–Trinajstić information content (AvgIpc) is 3.68. The number of rotatable bonds is 8. The van der Waals surface area contributed by atoms with Gasteiger partial charge in [0.15, 0.2) is 0 Å². The van der Waals surface area contributed by atoms with Crippen LogP contribution in [0.3, 0.4) is 0 Å². The molecule has 0 unspecified atom stereocenters. The van der Waals surface area contributed by atoms with E-state index in [0.29, 0.717) is 0 Å². The monoisotopic (exact) mass is 757 g/mol. The first-order valence-corrected chi connectivity index (χ1v) is 20.5. The molecule has 0 fully saturated rings. The first kappa shape index (κ1) is 36.0. The molecule has 0 saturated heterocycles. The lowest BCUT2D eigenvalue weighted by atomic mass is 9.86. The van der Waals surface area contributed by atoms with Crippen molar-refractivity contribution in [2.75, 3.05) is 4.90 Å². The van der Waals surface area contributed by atoms with Crippen LogP contribution in [-0.2, 0) is 0 Å². The molecule has 1 heterocycles. The fourth-order valence-electron chi connectivity index (χ4n) is 8.67. The molecule has 2 heteroatoms. The average molecular weight is 758 g/mol. The molecule has 8 aromatic rings. The Morgan fingerprint density at radius 1 is 0.525 bits per heavy atom. The molecular weight excluding hydrogens is 715 g/mol. The van der Waals surface area contributed by atoms with E-state index in [9.17, 15) is 0 Å². The van der Waals surface area contributed by atoms with Crippen molar-refractivity contribution in [2.24, 2.45) is 0 Å². The molecule has 0 bridgehead atoms. The maximum atomic E-state index is 6.70. The van der Waals surface area contributed by atoms with Gasteiger partial charge >= 0.3 is 0 Å². The highest BCUT2D eigenvalue weighted by molar-refractivity contribution is 6.12. The molecule has 0 amide bonds. The highest BCUT2D eigenvalue weighted by Gasteiger charge is 2.20. The predicted octanol–water partition coefficient (Wildman–Crippen LogP) is 16.0. The summed E-state index contributed by atoms with van der Waals surface area (Å²) >= 11 is 0. The Morgan fingerprint density at radius 2 is 1.20 bits per heavy atom. The van der Waals surface area contributed by atoms with Gasteiger partial charge in [0.25, 0.3) is 0 Å². The molecule has 282 valence electrons. The SMILES string of the molecule is C/C1=C(\c2cccc3oc4cc(-c5ccc(N(c6ccccc6)c6ccccc6-c6ccccc6)cc5)ccc4c23)C/C=C(/C2=CCCC=C2)C=C=C1c1ccccc1. The Labute approximate surface area is 346 Å². The van der Waals surface area contributed by atoms with Gasteiger partial charge in [-0.2, -0.15) is 0 Å². The van der Waals surface area contributed by atoms with E-state index in [1.807, 2.05) is 0 Å². The first-order valence-electron chi connectivity index (χ1n) is 20.5. The summed E-state index contributed by atoms with van der Waals surface area (Å²) in [6.45, 7) is 2.25. The number of hydrogen-bond acceptors (Lipinski definition) is 2. The lowest BCUT2D eigenvalue weighted by Gasteiger charge is -2.28. The van der Waals surface area contributed by atoms with Crippen molar-refractivity contribution in [2.45, 2.75) is 26.2 Å². The number of para-hydroxylation sites is 2. The molecule has 0 aliphatic heterocycles. The minimum atomic E-state index is 0.799. The molecule has 2 nitrogen and oxygen atoms in total. The van der Waals surface area contributed by atoms with Gasteiger partial charge in [0.2, 0.25) is 0 Å². The van der Waals surface area contributed by atoms with Crippen LogP contribution >= 0.6 is 0 Å². The number of furan rings is 1. The molecule has 0 saturated carbocycles. The molecule has 0 radical (unpaired) electrons. The van der Waals surface area contributed by atoms with Gasteiger partial charge in [-0.05, 0) is 131 Å². The molecule has 2 aliphatic rings. The van der Waals surface area contributed by atoms with Crippen LogP contribution < -0.4 is 4.90 Å². The third-order valence-corrected chi connectivity index (χ3v) is 11.6. The van der Waals surface area contributed by atoms with Gasteiger partial charge in [-0.25, -0.2) is 0 Å². The topological polar surface area (TPSA) is 16.4 Å². The van der Waals surface area contributed by atoms with Crippen LogP contribution in [0, 0.1) is 0 Å². The minimum Gasteiger partial charge on any atom is -0.456 e. The van der Waals surface area contributed by atoms with Gasteiger partial charge in [-0.15, -0.1) is 5.73 Å². The number of fused-ring (bicyclic) bond motifs is 3. The molecule has 0 N–H and O–H groups in total. The van der Waals surface area contributed by atoms with Gasteiger partial charge in [0, 0.05) is 33.3 Å². The summed E-state index contributed by atoms with van der Waals surface area (Å²) in [5, 5.41) is 2.27. The maximum Gasteiger partial charge on any atom is 0.136 e. The lowest BCUT2D eigenvalue weighted by Crippen LogP contribution is -2.11. The predicted molar refractivity (Wildman–Crippen MR) is 249 cm³/mol. The van der Waals surface area contributed by atoms with Crippen LogP contribution in [-0.4, -0.2) is 0 Å². The molecule has 2 aliphatic carbocycles. The van der Waals surface area contributed by atoms with Crippen LogP contribution in [0.4, 0.5) is 17.1 Å². The van der Waals surface area contributed by atoms with Gasteiger partial charge < -0.3 is 9.32 Å². The summed E-state index contributed by atoms with van der Waals surface area (Å²) in [5.41, 5.74) is 21.9. The van der Waals surface area contributed by atoms with Crippen LogP contribution in [0.1, 0.15) is 37.3 Å². The molecular formula is C57H43NO. The zero-order valence-corrected chi connectivity index (χ0v) is 33.1. The summed E-state index contributed by atoms with van der Waals surface area (Å²) in [7, 11) is 0. The lowest BCUT2D eigenvalue weighted by molar-refractivity contribution is 0.669. The quantitative estimate of drug-likeness (QED) is 0.144. The summed E-state index contributed by atoms with van der Waals surface area (Å²) in [6, 6.07) is 62.6.